The van der Waals surface area contributed by atoms with Crippen LogP contribution < -0.4 is 0 Å². The van der Waals surface area contributed by atoms with Gasteiger partial charge in [0.2, 0.25) is 0 Å². The number of aliphatic carboxylic acids is 2. The Hall–Kier alpha value is -2.56. The van der Waals surface area contributed by atoms with Gasteiger partial charge in [-0.3, -0.25) is 4.90 Å². The summed E-state index contributed by atoms with van der Waals surface area (Å²) in [4.78, 5) is 25.9. The number of carboxylic acid groups (broad SMARTS) is 2. The lowest BCUT2D eigenvalue weighted by atomic mass is 10.0. The molecule has 2 fully saturated rings. The number of fused-ring (bicyclic) bond motifs is 2. The van der Waals surface area contributed by atoms with E-state index in [2.05, 4.69) is 21.9 Å². The summed E-state index contributed by atoms with van der Waals surface area (Å²) in [6.45, 7) is 3.66. The lowest BCUT2D eigenvalue weighted by molar-refractivity contribution is -0.159. The molecule has 2 aliphatic heterocycles. The maximum absolute atomic E-state index is 9.10. The van der Waals surface area contributed by atoms with Crippen molar-refractivity contribution in [1.82, 2.24) is 4.90 Å². The number of piperidine rings is 1. The minimum atomic E-state index is -1.82. The highest BCUT2D eigenvalue weighted by molar-refractivity contribution is 6.30. The topological polar surface area (TPSA) is 99.4 Å². The molecule has 132 valence electrons. The Labute approximate surface area is 149 Å². The predicted octanol–water partition coefficient (Wildman–Crippen LogP) is 1.56. The van der Waals surface area contributed by atoms with Gasteiger partial charge in [-0.1, -0.05) is 28.6 Å². The Bertz CT molecular complexity index is 709. The fourth-order valence-corrected chi connectivity index (χ4v) is 2.65. The second-order valence-corrected chi connectivity index (χ2v) is 5.93. The van der Waals surface area contributed by atoms with Gasteiger partial charge in [-0.25, -0.2) is 9.59 Å². The molecule has 2 bridgehead atoms. The molecule has 0 aliphatic carbocycles. The van der Waals surface area contributed by atoms with Crippen LogP contribution in [-0.4, -0.2) is 59.0 Å². The summed E-state index contributed by atoms with van der Waals surface area (Å²) in [5, 5.41) is 19.7. The van der Waals surface area contributed by atoms with E-state index >= 15 is 0 Å². The number of hydrogen-bond donors (Lipinski definition) is 2. The molecule has 8 heteroatoms. The van der Waals surface area contributed by atoms with Gasteiger partial charge in [0, 0.05) is 29.6 Å². The van der Waals surface area contributed by atoms with Crippen molar-refractivity contribution in [3.63, 3.8) is 0 Å². The Morgan fingerprint density at radius 1 is 1.28 bits per heavy atom. The van der Waals surface area contributed by atoms with Gasteiger partial charge < -0.3 is 15.1 Å². The van der Waals surface area contributed by atoms with Gasteiger partial charge >= 0.3 is 11.9 Å². The molecule has 2 saturated heterocycles. The second kappa shape index (κ2) is 9.06. The van der Waals surface area contributed by atoms with Crippen LogP contribution in [0.25, 0.3) is 0 Å². The first-order valence-electron chi connectivity index (χ1n) is 7.57. The second-order valence-electron chi connectivity index (χ2n) is 5.50. The molecule has 2 N–H and O–H groups in total. The third-order valence-electron chi connectivity index (χ3n) is 3.71. The number of carboxylic acids is 2. The molecule has 3 rings (SSSR count). The summed E-state index contributed by atoms with van der Waals surface area (Å²) in [6.07, 6.45) is 1.22. The van der Waals surface area contributed by atoms with Crippen LogP contribution in [0.3, 0.4) is 0 Å². The molecule has 7 nitrogen and oxygen atoms in total. The number of halogens is 1. The van der Waals surface area contributed by atoms with E-state index in [1.165, 1.54) is 18.7 Å². The van der Waals surface area contributed by atoms with Crippen LogP contribution in [0.2, 0.25) is 5.02 Å². The molecular formula is C17H17ClN2O5. The molecule has 2 heterocycles. The molecule has 1 aromatic carbocycles. The van der Waals surface area contributed by atoms with Crippen LogP contribution in [0.1, 0.15) is 12.0 Å². The van der Waals surface area contributed by atoms with Crippen molar-refractivity contribution < 1.29 is 24.6 Å². The molecule has 0 amide bonds. The highest BCUT2D eigenvalue weighted by Crippen LogP contribution is 2.25. The SMILES string of the molecule is Clc1ccc(C#CCO/N=C2\CN3CCC2C3)cc1.O=C(O)C(=O)O. The first-order chi connectivity index (χ1) is 12.0. The summed E-state index contributed by atoms with van der Waals surface area (Å²) in [7, 11) is 0. The first kappa shape index (κ1) is 18.8. The molecule has 2 atom stereocenters. The average molecular weight is 365 g/mol. The number of nitrogens with zero attached hydrogens (tertiary/aromatic N) is 2. The molecule has 0 spiro atoms. The van der Waals surface area contributed by atoms with Gasteiger partial charge in [0.15, 0.2) is 6.61 Å². The van der Waals surface area contributed by atoms with Crippen LogP contribution in [0.5, 0.6) is 0 Å². The number of oxime groups is 1. The van der Waals surface area contributed by atoms with Gasteiger partial charge in [0.25, 0.3) is 0 Å². The van der Waals surface area contributed by atoms with E-state index in [4.69, 9.17) is 36.2 Å². The van der Waals surface area contributed by atoms with E-state index in [9.17, 15) is 0 Å². The van der Waals surface area contributed by atoms with E-state index in [1.54, 1.807) is 0 Å². The lowest BCUT2D eigenvalue weighted by Gasteiger charge is -2.12. The quantitative estimate of drug-likeness (QED) is 0.357. The zero-order chi connectivity index (χ0) is 18.2. The van der Waals surface area contributed by atoms with Gasteiger partial charge in [-0.15, -0.1) is 0 Å². The molecule has 2 unspecified atom stereocenters. The van der Waals surface area contributed by atoms with Crippen molar-refractivity contribution in [2.75, 3.05) is 26.2 Å². The summed E-state index contributed by atoms with van der Waals surface area (Å²) < 4.78 is 0. The Kier molecular flexibility index (Phi) is 6.81. The maximum atomic E-state index is 9.10. The Morgan fingerprint density at radius 2 is 1.96 bits per heavy atom. The molecule has 0 saturated carbocycles. The zero-order valence-electron chi connectivity index (χ0n) is 13.3. The zero-order valence-corrected chi connectivity index (χ0v) is 14.1. The van der Waals surface area contributed by atoms with Gasteiger partial charge in [-0.05, 0) is 37.2 Å². The van der Waals surface area contributed by atoms with Crippen molar-refractivity contribution in [3.8, 4) is 11.8 Å². The van der Waals surface area contributed by atoms with E-state index in [0.29, 0.717) is 12.5 Å². The van der Waals surface area contributed by atoms with Crippen molar-refractivity contribution in [1.29, 1.82) is 0 Å². The van der Waals surface area contributed by atoms with Gasteiger partial charge in [0.1, 0.15) is 0 Å². The fourth-order valence-electron chi connectivity index (χ4n) is 2.53. The number of hydrogen-bond acceptors (Lipinski definition) is 5. The van der Waals surface area contributed by atoms with Crippen molar-refractivity contribution in [2.24, 2.45) is 11.1 Å². The molecule has 0 radical (unpaired) electrons. The molecular weight excluding hydrogens is 348 g/mol. The summed E-state index contributed by atoms with van der Waals surface area (Å²) in [5.74, 6) is 2.94. The van der Waals surface area contributed by atoms with E-state index in [-0.39, 0.29) is 0 Å². The fraction of sp³-hybridized carbons (Fsp3) is 0.353. The maximum Gasteiger partial charge on any atom is 0.414 e. The third kappa shape index (κ3) is 6.10. The number of benzene rings is 1. The van der Waals surface area contributed by atoms with Crippen LogP contribution in [0, 0.1) is 17.8 Å². The minimum absolute atomic E-state index is 0.332. The summed E-state index contributed by atoms with van der Waals surface area (Å²) >= 11 is 5.80. The predicted molar refractivity (Wildman–Crippen MR) is 91.5 cm³/mol. The van der Waals surface area contributed by atoms with Crippen LogP contribution >= 0.6 is 11.6 Å². The van der Waals surface area contributed by atoms with Crippen molar-refractivity contribution in [2.45, 2.75) is 6.42 Å². The standard InChI is InChI=1S/C15H15ClN2O.C2H2O4/c16-14-5-3-12(4-6-14)2-1-9-19-17-15-11-18-8-7-13(15)10-18;3-1(4)2(5)6/h3-6,13H,7-11H2;(H,3,4)(H,5,6)/b17-15+;. The monoisotopic (exact) mass is 364 g/mol. The Balaban J connectivity index is 0.000000326. The van der Waals surface area contributed by atoms with Gasteiger partial charge in [0.05, 0.1) is 5.71 Å². The minimum Gasteiger partial charge on any atom is -0.473 e. The van der Waals surface area contributed by atoms with Crippen LogP contribution in [0.4, 0.5) is 0 Å². The average Bonchev–Trinajstić information content (AvgIpc) is 3.19. The largest absolute Gasteiger partial charge is 0.473 e. The molecule has 0 aromatic heterocycles. The molecule has 25 heavy (non-hydrogen) atoms. The third-order valence-corrected chi connectivity index (χ3v) is 3.96. The van der Waals surface area contributed by atoms with E-state index < -0.39 is 11.9 Å². The molecule has 2 aliphatic rings. The summed E-state index contributed by atoms with van der Waals surface area (Å²) in [5.41, 5.74) is 2.12. The van der Waals surface area contributed by atoms with Crippen molar-refractivity contribution >= 4 is 29.3 Å². The van der Waals surface area contributed by atoms with Crippen molar-refractivity contribution in [3.05, 3.63) is 34.9 Å². The first-order valence-corrected chi connectivity index (χ1v) is 7.95. The Morgan fingerprint density at radius 3 is 2.48 bits per heavy atom. The normalized spacial score (nSPS) is 21.7. The van der Waals surface area contributed by atoms with Gasteiger partial charge in [-0.2, -0.15) is 0 Å². The highest BCUT2D eigenvalue weighted by Gasteiger charge is 2.35. The van der Waals surface area contributed by atoms with Crippen LogP contribution in [-0.2, 0) is 14.4 Å². The lowest BCUT2D eigenvalue weighted by Crippen LogP contribution is -2.23. The smallest absolute Gasteiger partial charge is 0.414 e. The molecule has 1 aromatic rings. The van der Waals surface area contributed by atoms with E-state index in [1.807, 2.05) is 24.3 Å². The number of carbonyl (C=O) groups is 2. The van der Waals surface area contributed by atoms with Crippen LogP contribution in [0.15, 0.2) is 29.4 Å². The number of rotatable bonds is 2. The van der Waals surface area contributed by atoms with E-state index in [0.717, 1.165) is 23.7 Å². The highest BCUT2D eigenvalue weighted by atomic mass is 35.5. The summed E-state index contributed by atoms with van der Waals surface area (Å²) in [6, 6.07) is 7.45.